The average Bonchev–Trinajstić information content (AvgIpc) is 2.49. The van der Waals surface area contributed by atoms with Crippen molar-refractivity contribution in [3.05, 3.63) is 0 Å². The molecule has 0 aromatic rings. The SMILES string of the molecule is C[C@H](CN(C)S(C)(=O)=O)OC1NNC(=O)N1. The summed E-state index contributed by atoms with van der Waals surface area (Å²) in [7, 11) is -1.75. The van der Waals surface area contributed by atoms with Crippen LogP contribution < -0.4 is 16.2 Å². The summed E-state index contributed by atoms with van der Waals surface area (Å²) in [6.45, 7) is 1.93. The molecule has 0 aromatic carbocycles. The minimum Gasteiger partial charge on any atom is -0.339 e. The molecule has 2 atom stereocenters. The maximum atomic E-state index is 11.1. The molecule has 0 aromatic heterocycles. The number of carbonyl (C=O) groups excluding carboxylic acids is 1. The predicted molar refractivity (Wildman–Crippen MR) is 56.6 cm³/mol. The lowest BCUT2D eigenvalue weighted by Crippen LogP contribution is -2.42. The molecule has 94 valence electrons. The Kier molecular flexibility index (Phi) is 4.08. The molecule has 0 spiro atoms. The van der Waals surface area contributed by atoms with Gasteiger partial charge in [-0.25, -0.2) is 17.5 Å². The standard InChI is InChI=1S/C7H16N4O4S/c1-5(4-11(2)16(3,13)14)15-7-8-6(12)9-10-7/h5,7,10H,4H2,1-3H3,(H2,8,9,12)/t5-,7?/m1/s1. The fourth-order valence-corrected chi connectivity index (χ4v) is 1.64. The highest BCUT2D eigenvalue weighted by atomic mass is 32.2. The molecule has 1 aliphatic rings. The second kappa shape index (κ2) is 4.95. The van der Waals surface area contributed by atoms with Gasteiger partial charge in [-0.2, -0.15) is 5.43 Å². The zero-order valence-corrected chi connectivity index (χ0v) is 10.2. The third kappa shape index (κ3) is 3.93. The third-order valence-corrected chi connectivity index (χ3v) is 3.31. The molecule has 0 bridgehead atoms. The van der Waals surface area contributed by atoms with Crippen molar-refractivity contribution in [3.8, 4) is 0 Å². The summed E-state index contributed by atoms with van der Waals surface area (Å²) >= 11 is 0. The number of hydrazine groups is 1. The highest BCUT2D eigenvalue weighted by Gasteiger charge is 2.23. The number of nitrogens with one attached hydrogen (secondary N) is 3. The topological polar surface area (TPSA) is 99.8 Å². The highest BCUT2D eigenvalue weighted by Crippen LogP contribution is 2.01. The van der Waals surface area contributed by atoms with Crippen molar-refractivity contribution < 1.29 is 17.9 Å². The van der Waals surface area contributed by atoms with Gasteiger partial charge in [0.1, 0.15) is 0 Å². The van der Waals surface area contributed by atoms with Gasteiger partial charge in [-0.3, -0.25) is 10.7 Å². The minimum atomic E-state index is -3.21. The first-order chi connectivity index (χ1) is 7.29. The van der Waals surface area contributed by atoms with Crippen molar-refractivity contribution in [2.75, 3.05) is 19.8 Å². The summed E-state index contributed by atoms with van der Waals surface area (Å²) in [5.74, 6) is 0. The Morgan fingerprint density at radius 1 is 1.56 bits per heavy atom. The lowest BCUT2D eigenvalue weighted by Gasteiger charge is -2.22. The summed E-state index contributed by atoms with van der Waals surface area (Å²) in [5, 5.41) is 2.45. The zero-order valence-electron chi connectivity index (χ0n) is 9.35. The maximum Gasteiger partial charge on any atom is 0.332 e. The molecule has 0 radical (unpaired) electrons. The van der Waals surface area contributed by atoms with E-state index in [1.807, 2.05) is 0 Å². The van der Waals surface area contributed by atoms with E-state index in [1.54, 1.807) is 6.92 Å². The van der Waals surface area contributed by atoms with Crippen LogP contribution in [-0.4, -0.2) is 51.1 Å². The fourth-order valence-electron chi connectivity index (χ4n) is 1.16. The van der Waals surface area contributed by atoms with Crippen molar-refractivity contribution in [2.24, 2.45) is 0 Å². The molecule has 1 aliphatic heterocycles. The van der Waals surface area contributed by atoms with Crippen LogP contribution >= 0.6 is 0 Å². The van der Waals surface area contributed by atoms with E-state index in [0.717, 1.165) is 6.26 Å². The molecule has 1 fully saturated rings. The number of amides is 2. The van der Waals surface area contributed by atoms with Gasteiger partial charge in [-0.05, 0) is 6.92 Å². The summed E-state index contributed by atoms with van der Waals surface area (Å²) in [4.78, 5) is 10.7. The van der Waals surface area contributed by atoms with E-state index in [4.69, 9.17) is 4.74 Å². The van der Waals surface area contributed by atoms with E-state index < -0.39 is 16.4 Å². The van der Waals surface area contributed by atoms with Gasteiger partial charge in [-0.15, -0.1) is 0 Å². The number of urea groups is 1. The van der Waals surface area contributed by atoms with Crippen LogP contribution in [0.3, 0.4) is 0 Å². The summed E-state index contributed by atoms with van der Waals surface area (Å²) in [5.41, 5.74) is 4.85. The van der Waals surface area contributed by atoms with Crippen LogP contribution in [0.4, 0.5) is 4.79 Å². The number of sulfonamides is 1. The lowest BCUT2D eigenvalue weighted by molar-refractivity contribution is -0.0285. The molecule has 0 saturated carbocycles. The number of rotatable bonds is 5. The summed E-state index contributed by atoms with van der Waals surface area (Å²) in [6, 6.07) is -0.381. The van der Waals surface area contributed by atoms with Crippen molar-refractivity contribution >= 4 is 16.1 Å². The van der Waals surface area contributed by atoms with E-state index in [0.29, 0.717) is 0 Å². The normalized spacial score (nSPS) is 23.0. The molecule has 3 N–H and O–H groups in total. The molecular weight excluding hydrogens is 236 g/mol. The second-order valence-corrected chi connectivity index (χ2v) is 5.70. The molecule has 1 saturated heterocycles. The van der Waals surface area contributed by atoms with E-state index in [2.05, 4.69) is 16.2 Å². The van der Waals surface area contributed by atoms with Crippen LogP contribution in [0.5, 0.6) is 0 Å². The number of likely N-dealkylation sites (N-methyl/N-ethyl adjacent to an activating group) is 1. The van der Waals surface area contributed by atoms with E-state index in [1.165, 1.54) is 11.4 Å². The van der Waals surface area contributed by atoms with Gasteiger partial charge in [0.05, 0.1) is 12.4 Å². The molecular formula is C7H16N4O4S. The number of ether oxygens (including phenoxy) is 1. The minimum absolute atomic E-state index is 0.215. The van der Waals surface area contributed by atoms with E-state index in [9.17, 15) is 13.2 Å². The van der Waals surface area contributed by atoms with Gasteiger partial charge in [0.15, 0.2) is 0 Å². The van der Waals surface area contributed by atoms with Gasteiger partial charge in [0.25, 0.3) is 0 Å². The predicted octanol–water partition coefficient (Wildman–Crippen LogP) is -1.62. The van der Waals surface area contributed by atoms with Gasteiger partial charge in [-0.1, -0.05) is 0 Å². The summed E-state index contributed by atoms with van der Waals surface area (Å²) < 4.78 is 28.8. The zero-order chi connectivity index (χ0) is 12.3. The lowest BCUT2D eigenvalue weighted by atomic mass is 10.4. The first-order valence-electron chi connectivity index (χ1n) is 4.68. The first kappa shape index (κ1) is 13.2. The molecule has 8 nitrogen and oxygen atoms in total. The van der Waals surface area contributed by atoms with E-state index in [-0.39, 0.29) is 18.7 Å². The summed E-state index contributed by atoms with van der Waals surface area (Å²) in [6.07, 6.45) is 0.129. The molecule has 1 heterocycles. The quantitative estimate of drug-likeness (QED) is 0.546. The van der Waals surface area contributed by atoms with Crippen LogP contribution in [0.1, 0.15) is 6.92 Å². The Bertz CT molecular complexity index is 357. The van der Waals surface area contributed by atoms with Gasteiger partial charge in [0.2, 0.25) is 16.4 Å². The fraction of sp³-hybridized carbons (Fsp3) is 0.857. The largest absolute Gasteiger partial charge is 0.339 e. The Balaban J connectivity index is 2.36. The Labute approximate surface area is 94.3 Å². The number of nitrogens with zero attached hydrogens (tertiary/aromatic N) is 1. The molecule has 1 unspecified atom stereocenters. The molecule has 9 heteroatoms. The monoisotopic (exact) mass is 252 g/mol. The van der Waals surface area contributed by atoms with Crippen LogP contribution in [0, 0.1) is 0 Å². The molecule has 0 aliphatic carbocycles. The van der Waals surface area contributed by atoms with Crippen LogP contribution in [0.25, 0.3) is 0 Å². The van der Waals surface area contributed by atoms with Crippen LogP contribution in [0.2, 0.25) is 0 Å². The second-order valence-electron chi connectivity index (χ2n) is 3.61. The maximum absolute atomic E-state index is 11.1. The van der Waals surface area contributed by atoms with Crippen molar-refractivity contribution in [3.63, 3.8) is 0 Å². The molecule has 1 rings (SSSR count). The smallest absolute Gasteiger partial charge is 0.332 e. The molecule has 16 heavy (non-hydrogen) atoms. The van der Waals surface area contributed by atoms with Crippen molar-refractivity contribution in [2.45, 2.75) is 19.4 Å². The number of hydrogen-bond acceptors (Lipinski definition) is 5. The average molecular weight is 252 g/mol. The number of hydrogen-bond donors (Lipinski definition) is 3. The Morgan fingerprint density at radius 2 is 2.19 bits per heavy atom. The molecule has 2 amide bonds. The van der Waals surface area contributed by atoms with E-state index >= 15 is 0 Å². The highest BCUT2D eigenvalue weighted by molar-refractivity contribution is 7.88. The third-order valence-electron chi connectivity index (χ3n) is 2.03. The van der Waals surface area contributed by atoms with Gasteiger partial charge >= 0.3 is 6.03 Å². The first-order valence-corrected chi connectivity index (χ1v) is 6.52. The Hall–Kier alpha value is -0.900. The van der Waals surface area contributed by atoms with Crippen molar-refractivity contribution in [1.29, 1.82) is 0 Å². The van der Waals surface area contributed by atoms with Crippen molar-refractivity contribution in [1.82, 2.24) is 20.5 Å². The number of carbonyl (C=O) groups is 1. The van der Waals surface area contributed by atoms with Gasteiger partial charge in [0, 0.05) is 13.6 Å². The van der Waals surface area contributed by atoms with Gasteiger partial charge < -0.3 is 4.74 Å². The Morgan fingerprint density at radius 3 is 2.62 bits per heavy atom. The van der Waals surface area contributed by atoms with Crippen LogP contribution in [-0.2, 0) is 14.8 Å². The van der Waals surface area contributed by atoms with Crippen LogP contribution in [0.15, 0.2) is 0 Å².